The van der Waals surface area contributed by atoms with Crippen molar-refractivity contribution in [3.8, 4) is 0 Å². The molecule has 1 aliphatic heterocycles. The molecular weight excluding hydrogens is 366 g/mol. The number of benzene rings is 2. The third-order valence-electron chi connectivity index (χ3n) is 5.83. The Balaban J connectivity index is 1.48. The quantitative estimate of drug-likeness (QED) is 0.673. The number of nitrogens with one attached hydrogen (secondary N) is 2. The summed E-state index contributed by atoms with van der Waals surface area (Å²) in [5.74, 6) is 0.289. The number of thioether (sulfide) groups is 1. The van der Waals surface area contributed by atoms with Crippen molar-refractivity contribution >= 4 is 17.7 Å². The fourth-order valence-corrected chi connectivity index (χ4v) is 4.22. The molecule has 2 atom stereocenters. The Morgan fingerprint density at radius 1 is 1.07 bits per heavy atom. The van der Waals surface area contributed by atoms with Crippen LogP contribution in [0.15, 0.2) is 59.5 Å². The molecule has 1 fully saturated rings. The number of rotatable bonds is 7. The number of piperazine rings is 1. The van der Waals surface area contributed by atoms with E-state index in [1.165, 1.54) is 20.9 Å². The molecule has 1 saturated heterocycles. The summed E-state index contributed by atoms with van der Waals surface area (Å²) in [7, 11) is 2.13. The zero-order valence-electron chi connectivity index (χ0n) is 17.3. The van der Waals surface area contributed by atoms with E-state index in [-0.39, 0.29) is 11.9 Å². The maximum absolute atomic E-state index is 13.0. The van der Waals surface area contributed by atoms with Gasteiger partial charge in [-0.3, -0.25) is 4.79 Å². The second kappa shape index (κ2) is 10.1. The van der Waals surface area contributed by atoms with Crippen molar-refractivity contribution in [1.29, 1.82) is 0 Å². The molecule has 1 aliphatic rings. The molecule has 2 aromatic carbocycles. The number of quaternary nitrogens is 2. The highest BCUT2D eigenvalue weighted by molar-refractivity contribution is 7.98. The minimum Gasteiger partial charge on any atom is -0.328 e. The minimum atomic E-state index is -0.0177. The topological polar surface area (TPSA) is 29.2 Å². The molecule has 1 amide bonds. The number of amides is 1. The zero-order chi connectivity index (χ0) is 19.9. The van der Waals surface area contributed by atoms with Gasteiger partial charge in [-0.1, -0.05) is 42.5 Å². The number of hydrogen-bond acceptors (Lipinski definition) is 2. The van der Waals surface area contributed by atoms with E-state index in [9.17, 15) is 4.79 Å². The van der Waals surface area contributed by atoms with E-state index in [1.54, 1.807) is 16.7 Å². The van der Waals surface area contributed by atoms with Crippen LogP contribution in [0, 0.1) is 0 Å². The molecule has 2 aromatic rings. The van der Waals surface area contributed by atoms with Crippen LogP contribution >= 0.6 is 11.8 Å². The lowest BCUT2D eigenvalue weighted by atomic mass is 10.1. The second-order valence-corrected chi connectivity index (χ2v) is 8.71. The van der Waals surface area contributed by atoms with Crippen LogP contribution in [-0.4, -0.2) is 56.3 Å². The average molecular weight is 400 g/mol. The van der Waals surface area contributed by atoms with Crippen LogP contribution in [0.25, 0.3) is 0 Å². The fourth-order valence-electron chi connectivity index (χ4n) is 3.81. The van der Waals surface area contributed by atoms with Crippen molar-refractivity contribution in [2.45, 2.75) is 31.0 Å². The molecule has 1 unspecified atom stereocenters. The van der Waals surface area contributed by atoms with Gasteiger partial charge in [0.25, 0.3) is 5.91 Å². The first-order valence-electron chi connectivity index (χ1n) is 10.2. The van der Waals surface area contributed by atoms with Crippen molar-refractivity contribution in [2.24, 2.45) is 0 Å². The number of likely N-dealkylation sites (N-methyl/N-ethyl adjacent to an activating group) is 1. The van der Waals surface area contributed by atoms with Crippen LogP contribution in [0.4, 0.5) is 0 Å². The van der Waals surface area contributed by atoms with Gasteiger partial charge >= 0.3 is 0 Å². The lowest BCUT2D eigenvalue weighted by Crippen LogP contribution is -3.14. The monoisotopic (exact) mass is 399 g/mol. The van der Waals surface area contributed by atoms with Gasteiger partial charge in [-0.25, -0.2) is 0 Å². The number of carbonyl (C=O) groups is 1. The number of nitrogens with zero attached hydrogens (tertiary/aromatic N) is 1. The van der Waals surface area contributed by atoms with Gasteiger partial charge in [-0.2, -0.15) is 0 Å². The average Bonchev–Trinajstić information content (AvgIpc) is 2.74. The molecular formula is C23H33N3OS+2. The van der Waals surface area contributed by atoms with Gasteiger partial charge < -0.3 is 14.7 Å². The normalized spacial score (nSPS) is 17.3. The Kier molecular flexibility index (Phi) is 7.54. The molecule has 0 spiro atoms. The minimum absolute atomic E-state index is 0.0177. The van der Waals surface area contributed by atoms with E-state index in [0.717, 1.165) is 39.3 Å². The molecule has 4 nitrogen and oxygen atoms in total. The molecule has 0 aliphatic carbocycles. The van der Waals surface area contributed by atoms with Crippen LogP contribution in [0.5, 0.6) is 0 Å². The maximum atomic E-state index is 13.0. The third-order valence-corrected chi connectivity index (χ3v) is 6.57. The lowest BCUT2D eigenvalue weighted by Gasteiger charge is -2.34. The van der Waals surface area contributed by atoms with Crippen molar-refractivity contribution in [2.75, 3.05) is 39.5 Å². The Morgan fingerprint density at radius 2 is 1.71 bits per heavy atom. The molecule has 1 heterocycles. The first-order chi connectivity index (χ1) is 13.6. The number of carbonyl (C=O) groups excluding carboxylic acids is 1. The Labute approximate surface area is 173 Å². The lowest BCUT2D eigenvalue weighted by molar-refractivity contribution is -0.918. The van der Waals surface area contributed by atoms with E-state index < -0.39 is 0 Å². The summed E-state index contributed by atoms with van der Waals surface area (Å²) < 4.78 is 0. The number of hydrogen-bond donors (Lipinski definition) is 2. The van der Waals surface area contributed by atoms with Crippen LogP contribution in [-0.2, 0) is 17.9 Å². The molecule has 0 saturated carbocycles. The van der Waals surface area contributed by atoms with E-state index in [0.29, 0.717) is 0 Å². The second-order valence-electron chi connectivity index (χ2n) is 7.83. The molecule has 28 heavy (non-hydrogen) atoms. The van der Waals surface area contributed by atoms with Crippen LogP contribution < -0.4 is 9.80 Å². The van der Waals surface area contributed by atoms with Crippen LogP contribution in [0.2, 0.25) is 0 Å². The highest BCUT2D eigenvalue weighted by Gasteiger charge is 2.31. The molecule has 5 heteroatoms. The predicted octanol–water partition coefficient (Wildman–Crippen LogP) is 0.739. The summed E-state index contributed by atoms with van der Waals surface area (Å²) in [6, 6.07) is 19.3. The van der Waals surface area contributed by atoms with Gasteiger partial charge in [0.1, 0.15) is 13.1 Å². The summed E-state index contributed by atoms with van der Waals surface area (Å²) in [4.78, 5) is 19.2. The molecule has 0 bridgehead atoms. The maximum Gasteiger partial charge on any atom is 0.280 e. The summed E-state index contributed by atoms with van der Waals surface area (Å²) in [6.07, 6.45) is 2.09. The molecule has 150 valence electrons. The van der Waals surface area contributed by atoms with E-state index in [4.69, 9.17) is 0 Å². The fraction of sp³-hybridized carbons (Fsp3) is 0.435. The van der Waals surface area contributed by atoms with Gasteiger partial charge in [0.15, 0.2) is 6.04 Å². The van der Waals surface area contributed by atoms with E-state index in [2.05, 4.69) is 79.7 Å². The van der Waals surface area contributed by atoms with Gasteiger partial charge in [0, 0.05) is 16.0 Å². The largest absolute Gasteiger partial charge is 0.328 e. The SMILES string of the molecule is CSc1ccc(C[NH+](C)[C@H](C)C(=O)N2CC[NH+](Cc3ccccc3)CC2)cc1. The molecule has 0 aromatic heterocycles. The summed E-state index contributed by atoms with van der Waals surface area (Å²) >= 11 is 1.76. The van der Waals surface area contributed by atoms with E-state index >= 15 is 0 Å². The molecule has 0 radical (unpaired) electrons. The first-order valence-corrected chi connectivity index (χ1v) is 11.4. The van der Waals surface area contributed by atoms with Gasteiger partial charge in [0.05, 0.1) is 33.2 Å². The Morgan fingerprint density at radius 3 is 2.32 bits per heavy atom. The summed E-state index contributed by atoms with van der Waals surface area (Å²) in [5.41, 5.74) is 2.66. The third kappa shape index (κ3) is 5.60. The Bertz CT molecular complexity index is 742. The standard InChI is InChI=1S/C23H31N3OS/c1-19(24(2)17-21-9-11-22(28-3)12-10-21)23(27)26-15-13-25(14-16-26)18-20-7-5-4-6-8-20/h4-12,19H,13-18H2,1-3H3/p+2/t19-/m1/s1. The van der Waals surface area contributed by atoms with Crippen molar-refractivity contribution in [1.82, 2.24) is 4.90 Å². The highest BCUT2D eigenvalue weighted by Crippen LogP contribution is 2.14. The highest BCUT2D eigenvalue weighted by atomic mass is 32.2. The van der Waals surface area contributed by atoms with Gasteiger partial charge in [-0.05, 0) is 25.3 Å². The summed E-state index contributed by atoms with van der Waals surface area (Å²) in [6.45, 7) is 7.78. The first kappa shape index (κ1) is 20.9. The van der Waals surface area contributed by atoms with Crippen molar-refractivity contribution < 1.29 is 14.6 Å². The van der Waals surface area contributed by atoms with Gasteiger partial charge in [0.2, 0.25) is 0 Å². The van der Waals surface area contributed by atoms with Crippen LogP contribution in [0.1, 0.15) is 18.1 Å². The van der Waals surface area contributed by atoms with Gasteiger partial charge in [-0.15, -0.1) is 11.8 Å². The van der Waals surface area contributed by atoms with E-state index in [1.807, 2.05) is 0 Å². The van der Waals surface area contributed by atoms with Crippen molar-refractivity contribution in [3.63, 3.8) is 0 Å². The predicted molar refractivity (Wildman–Crippen MR) is 116 cm³/mol. The zero-order valence-corrected chi connectivity index (χ0v) is 18.1. The molecule has 3 rings (SSSR count). The van der Waals surface area contributed by atoms with Crippen molar-refractivity contribution in [3.05, 3.63) is 65.7 Å². The Hall–Kier alpha value is -1.82. The van der Waals surface area contributed by atoms with Crippen LogP contribution in [0.3, 0.4) is 0 Å². The smallest absolute Gasteiger partial charge is 0.280 e. The molecule has 2 N–H and O–H groups in total. The summed E-state index contributed by atoms with van der Waals surface area (Å²) in [5, 5.41) is 0.